The maximum atomic E-state index is 13.8. The molecule has 0 aromatic heterocycles. The molecule has 0 aliphatic carbocycles. The van der Waals surface area contributed by atoms with Gasteiger partial charge >= 0.3 is 0 Å². The molecular formula is C24H22F2N2O4S. The van der Waals surface area contributed by atoms with Crippen LogP contribution in [0.15, 0.2) is 77.7 Å². The Morgan fingerprint density at radius 3 is 2.36 bits per heavy atom. The second-order valence-corrected chi connectivity index (χ2v) is 9.37. The van der Waals surface area contributed by atoms with Crippen LogP contribution in [0.4, 0.5) is 14.5 Å². The van der Waals surface area contributed by atoms with E-state index >= 15 is 0 Å². The van der Waals surface area contributed by atoms with Crippen molar-refractivity contribution in [2.45, 2.75) is 23.8 Å². The highest BCUT2D eigenvalue weighted by Gasteiger charge is 2.26. The van der Waals surface area contributed by atoms with Crippen LogP contribution < -0.4 is 9.46 Å². The summed E-state index contributed by atoms with van der Waals surface area (Å²) in [4.78, 5) is 14.7. The average molecular weight is 473 g/mol. The number of rotatable bonds is 6. The third kappa shape index (κ3) is 5.48. The zero-order valence-electron chi connectivity index (χ0n) is 17.6. The van der Waals surface area contributed by atoms with Crippen LogP contribution in [0.2, 0.25) is 0 Å². The van der Waals surface area contributed by atoms with Crippen LogP contribution in [0.1, 0.15) is 23.2 Å². The fraction of sp³-hybridized carbons (Fsp3) is 0.208. The Morgan fingerprint density at radius 1 is 0.939 bits per heavy atom. The topological polar surface area (TPSA) is 75.7 Å². The van der Waals surface area contributed by atoms with Crippen molar-refractivity contribution in [2.75, 3.05) is 17.8 Å². The van der Waals surface area contributed by atoms with Gasteiger partial charge in [-0.05, 0) is 42.5 Å². The summed E-state index contributed by atoms with van der Waals surface area (Å²) in [6.07, 6.45) is 0.684. The lowest BCUT2D eigenvalue weighted by molar-refractivity contribution is 0.0588. The molecule has 0 spiro atoms. The van der Waals surface area contributed by atoms with E-state index in [2.05, 4.69) is 4.72 Å². The summed E-state index contributed by atoms with van der Waals surface area (Å²) in [5.41, 5.74) is 0.641. The number of nitrogens with one attached hydrogen (secondary N) is 1. The number of anilines is 1. The van der Waals surface area contributed by atoms with Gasteiger partial charge in [-0.1, -0.05) is 24.3 Å². The minimum absolute atomic E-state index is 0.0143. The minimum atomic E-state index is -3.77. The maximum absolute atomic E-state index is 13.8. The molecule has 3 aromatic rings. The molecule has 0 atom stereocenters. The summed E-state index contributed by atoms with van der Waals surface area (Å²) in [7, 11) is -3.77. The molecule has 1 heterocycles. The Kier molecular flexibility index (Phi) is 6.60. The number of piperidine rings is 1. The molecule has 6 nitrogen and oxygen atoms in total. The number of carbonyl (C=O) groups is 1. The lowest BCUT2D eigenvalue weighted by Crippen LogP contribution is -2.41. The highest BCUT2D eigenvalue weighted by Crippen LogP contribution is 2.24. The Morgan fingerprint density at radius 2 is 1.67 bits per heavy atom. The number of sulfonamides is 1. The van der Waals surface area contributed by atoms with Crippen molar-refractivity contribution in [1.82, 2.24) is 4.90 Å². The van der Waals surface area contributed by atoms with Crippen LogP contribution >= 0.6 is 0 Å². The molecule has 0 radical (unpaired) electrons. The van der Waals surface area contributed by atoms with Crippen LogP contribution in [0.25, 0.3) is 0 Å². The summed E-state index contributed by atoms with van der Waals surface area (Å²) in [6, 6.07) is 17.4. The quantitative estimate of drug-likeness (QED) is 0.575. The van der Waals surface area contributed by atoms with Gasteiger partial charge in [0.2, 0.25) is 0 Å². The van der Waals surface area contributed by atoms with E-state index in [9.17, 15) is 22.0 Å². The normalized spacial score (nSPS) is 14.7. The van der Waals surface area contributed by atoms with Crippen molar-refractivity contribution in [1.29, 1.82) is 0 Å². The van der Waals surface area contributed by atoms with Gasteiger partial charge in [0, 0.05) is 43.2 Å². The van der Waals surface area contributed by atoms with Gasteiger partial charge in [-0.15, -0.1) is 0 Å². The number of nitrogens with zero attached hydrogens (tertiary/aromatic N) is 1. The van der Waals surface area contributed by atoms with Crippen molar-refractivity contribution in [2.24, 2.45) is 0 Å². The minimum Gasteiger partial charge on any atom is -0.487 e. The molecule has 33 heavy (non-hydrogen) atoms. The highest BCUT2D eigenvalue weighted by molar-refractivity contribution is 7.92. The van der Waals surface area contributed by atoms with Crippen LogP contribution in [-0.4, -0.2) is 38.4 Å². The number of amides is 1. The van der Waals surface area contributed by atoms with Gasteiger partial charge in [0.15, 0.2) is 11.6 Å². The second kappa shape index (κ2) is 9.58. The van der Waals surface area contributed by atoms with Crippen molar-refractivity contribution >= 4 is 21.6 Å². The van der Waals surface area contributed by atoms with Gasteiger partial charge < -0.3 is 9.64 Å². The molecule has 0 saturated carbocycles. The number of hydrogen-bond donors (Lipinski definition) is 1. The highest BCUT2D eigenvalue weighted by atomic mass is 32.2. The summed E-state index contributed by atoms with van der Waals surface area (Å²) in [5, 5.41) is 0. The Labute approximate surface area is 190 Å². The molecular weight excluding hydrogens is 450 g/mol. The molecule has 1 N–H and O–H groups in total. The molecule has 172 valence electrons. The molecule has 0 bridgehead atoms. The molecule has 3 aromatic carbocycles. The third-order valence-electron chi connectivity index (χ3n) is 5.33. The van der Waals surface area contributed by atoms with Crippen LogP contribution in [0, 0.1) is 11.6 Å². The summed E-state index contributed by atoms with van der Waals surface area (Å²) in [6.45, 7) is 0.790. The van der Waals surface area contributed by atoms with E-state index in [1.165, 1.54) is 24.3 Å². The van der Waals surface area contributed by atoms with Crippen molar-refractivity contribution in [3.63, 3.8) is 0 Å². The number of likely N-dealkylation sites (tertiary alicyclic amines) is 1. The van der Waals surface area contributed by atoms with Gasteiger partial charge in [0.25, 0.3) is 15.9 Å². The first-order valence-electron chi connectivity index (χ1n) is 10.4. The van der Waals surface area contributed by atoms with E-state index < -0.39 is 21.7 Å². The van der Waals surface area contributed by atoms with Crippen LogP contribution in [0.3, 0.4) is 0 Å². The van der Waals surface area contributed by atoms with Gasteiger partial charge in [-0.3, -0.25) is 9.52 Å². The van der Waals surface area contributed by atoms with Crippen LogP contribution in [-0.2, 0) is 10.0 Å². The van der Waals surface area contributed by atoms with E-state index in [4.69, 9.17) is 4.74 Å². The predicted molar refractivity (Wildman–Crippen MR) is 120 cm³/mol. The van der Waals surface area contributed by atoms with Crippen molar-refractivity contribution in [3.8, 4) is 5.75 Å². The standard InChI is InChI=1S/C24H22F2N2O4S/c25-18-9-10-23(22(26)16-18)32-20-11-13-28(14-12-20)24(29)17-5-4-6-19(15-17)27-33(30,31)21-7-2-1-3-8-21/h1-10,15-16,20,27H,11-14H2. The van der Waals surface area contributed by atoms with E-state index in [1.807, 2.05) is 0 Å². The lowest BCUT2D eigenvalue weighted by atomic mass is 10.1. The molecule has 1 saturated heterocycles. The van der Waals surface area contributed by atoms with Crippen LogP contribution in [0.5, 0.6) is 5.75 Å². The first-order chi connectivity index (χ1) is 15.8. The molecule has 1 aliphatic rings. The summed E-state index contributed by atoms with van der Waals surface area (Å²) >= 11 is 0. The summed E-state index contributed by atoms with van der Waals surface area (Å²) in [5.74, 6) is -1.68. The number of benzene rings is 3. The molecule has 9 heteroatoms. The van der Waals surface area contributed by atoms with Gasteiger partial charge in [0.05, 0.1) is 4.90 Å². The summed E-state index contributed by atoms with van der Waals surface area (Å²) < 4.78 is 60.1. The van der Waals surface area contributed by atoms with Crippen molar-refractivity contribution in [3.05, 3.63) is 90.0 Å². The molecule has 1 fully saturated rings. The molecule has 4 rings (SSSR count). The zero-order valence-corrected chi connectivity index (χ0v) is 18.4. The smallest absolute Gasteiger partial charge is 0.261 e. The Balaban J connectivity index is 1.38. The van der Waals surface area contributed by atoms with E-state index in [-0.39, 0.29) is 28.3 Å². The number of halogens is 2. The number of ether oxygens (including phenoxy) is 1. The van der Waals surface area contributed by atoms with E-state index in [1.54, 1.807) is 41.3 Å². The largest absolute Gasteiger partial charge is 0.487 e. The SMILES string of the molecule is O=C(c1cccc(NS(=O)(=O)c2ccccc2)c1)N1CCC(Oc2ccc(F)cc2F)CC1. The predicted octanol–water partition coefficient (Wildman–Crippen LogP) is 4.45. The first kappa shape index (κ1) is 22.7. The lowest BCUT2D eigenvalue weighted by Gasteiger charge is -2.32. The van der Waals surface area contributed by atoms with Gasteiger partial charge in [-0.25, -0.2) is 17.2 Å². The first-order valence-corrected chi connectivity index (χ1v) is 11.9. The zero-order chi connectivity index (χ0) is 23.4. The van der Waals surface area contributed by atoms with E-state index in [0.29, 0.717) is 31.5 Å². The van der Waals surface area contributed by atoms with E-state index in [0.717, 1.165) is 12.1 Å². The monoisotopic (exact) mass is 472 g/mol. The van der Waals surface area contributed by atoms with Gasteiger partial charge in [-0.2, -0.15) is 0 Å². The molecule has 1 amide bonds. The molecule has 0 unspecified atom stereocenters. The fourth-order valence-electron chi connectivity index (χ4n) is 3.64. The Hall–Kier alpha value is -3.46. The molecule has 1 aliphatic heterocycles. The third-order valence-corrected chi connectivity index (χ3v) is 6.73. The van der Waals surface area contributed by atoms with Crippen molar-refractivity contribution < 1.29 is 26.7 Å². The van der Waals surface area contributed by atoms with Gasteiger partial charge in [0.1, 0.15) is 11.9 Å². The maximum Gasteiger partial charge on any atom is 0.261 e. The number of carbonyl (C=O) groups excluding carboxylic acids is 1. The average Bonchev–Trinajstić information content (AvgIpc) is 2.81. The number of hydrogen-bond acceptors (Lipinski definition) is 4. The Bertz CT molecular complexity index is 1240. The second-order valence-electron chi connectivity index (χ2n) is 7.68. The fourth-order valence-corrected chi connectivity index (χ4v) is 4.71.